The van der Waals surface area contributed by atoms with E-state index in [1.54, 1.807) is 6.07 Å². The largest absolute Gasteiger partial charge is 0.488 e. The SMILES string of the molecule is OB(O)c1ccc2c(c1)c1cc(-c3ccccc3)ccc1n2-c1ccc2sc3ccccc3c2c1. The van der Waals surface area contributed by atoms with Gasteiger partial charge in [0.25, 0.3) is 0 Å². The molecule has 0 bridgehead atoms. The molecule has 7 aromatic rings. The molecule has 2 heterocycles. The van der Waals surface area contributed by atoms with E-state index in [-0.39, 0.29) is 0 Å². The molecule has 35 heavy (non-hydrogen) atoms. The lowest BCUT2D eigenvalue weighted by Crippen LogP contribution is -2.29. The van der Waals surface area contributed by atoms with Crippen LogP contribution in [0.2, 0.25) is 0 Å². The number of benzene rings is 5. The second-order valence-corrected chi connectivity index (χ2v) is 9.95. The van der Waals surface area contributed by atoms with E-state index in [0.29, 0.717) is 5.46 Å². The minimum Gasteiger partial charge on any atom is -0.423 e. The molecule has 0 aliphatic rings. The lowest BCUT2D eigenvalue weighted by atomic mass is 9.80. The van der Waals surface area contributed by atoms with Gasteiger partial charge in [-0.3, -0.25) is 0 Å². The molecule has 0 saturated carbocycles. The van der Waals surface area contributed by atoms with Crippen LogP contribution in [-0.4, -0.2) is 21.7 Å². The van der Waals surface area contributed by atoms with E-state index in [1.165, 1.54) is 20.2 Å². The van der Waals surface area contributed by atoms with Crippen molar-refractivity contribution in [1.82, 2.24) is 4.57 Å². The summed E-state index contributed by atoms with van der Waals surface area (Å²) in [6.07, 6.45) is 0. The highest BCUT2D eigenvalue weighted by molar-refractivity contribution is 7.25. The molecule has 7 rings (SSSR count). The van der Waals surface area contributed by atoms with Crippen molar-refractivity contribution in [2.45, 2.75) is 0 Å². The molecule has 2 N–H and O–H groups in total. The Bertz CT molecular complexity index is 1890. The molecule has 3 nitrogen and oxygen atoms in total. The Hall–Kier alpha value is -3.90. The minimum atomic E-state index is -1.51. The fourth-order valence-electron chi connectivity index (χ4n) is 5.14. The van der Waals surface area contributed by atoms with Crippen LogP contribution in [0.1, 0.15) is 0 Å². The zero-order valence-electron chi connectivity index (χ0n) is 18.7. The standard InChI is InChI=1S/C30H20BNO2S/c33-31(34)21-11-14-28-25(17-21)24-16-20(19-6-2-1-3-7-19)10-13-27(24)32(28)22-12-15-30-26(18-22)23-8-4-5-9-29(23)35-30/h1-18,33-34H. The van der Waals surface area contributed by atoms with Crippen LogP contribution in [0.5, 0.6) is 0 Å². The van der Waals surface area contributed by atoms with Gasteiger partial charge < -0.3 is 14.6 Å². The van der Waals surface area contributed by atoms with Crippen LogP contribution in [0.3, 0.4) is 0 Å². The van der Waals surface area contributed by atoms with Gasteiger partial charge in [0, 0.05) is 36.6 Å². The third kappa shape index (κ3) is 3.21. The zero-order valence-corrected chi connectivity index (χ0v) is 19.5. The van der Waals surface area contributed by atoms with Crippen molar-refractivity contribution in [3.05, 3.63) is 109 Å². The molecule has 0 atom stereocenters. The summed E-state index contributed by atoms with van der Waals surface area (Å²) in [5.74, 6) is 0. The van der Waals surface area contributed by atoms with Crippen LogP contribution >= 0.6 is 11.3 Å². The molecular weight excluding hydrogens is 449 g/mol. The number of hydrogen-bond donors (Lipinski definition) is 2. The molecule has 0 amide bonds. The van der Waals surface area contributed by atoms with Crippen molar-refractivity contribution in [3.63, 3.8) is 0 Å². The molecule has 0 fully saturated rings. The minimum absolute atomic E-state index is 0.487. The first-order chi connectivity index (χ1) is 17.2. The number of hydrogen-bond acceptors (Lipinski definition) is 3. The van der Waals surface area contributed by atoms with Crippen LogP contribution in [-0.2, 0) is 0 Å². The smallest absolute Gasteiger partial charge is 0.423 e. The van der Waals surface area contributed by atoms with Crippen molar-refractivity contribution in [3.8, 4) is 16.8 Å². The topological polar surface area (TPSA) is 45.4 Å². The Kier molecular flexibility index (Phi) is 4.58. The van der Waals surface area contributed by atoms with Gasteiger partial charge >= 0.3 is 7.12 Å². The number of rotatable bonds is 3. The predicted octanol–water partition coefficient (Wildman–Crippen LogP) is 6.50. The molecule has 166 valence electrons. The van der Waals surface area contributed by atoms with E-state index < -0.39 is 7.12 Å². The van der Waals surface area contributed by atoms with Gasteiger partial charge in [-0.25, -0.2) is 0 Å². The molecule has 5 heteroatoms. The van der Waals surface area contributed by atoms with Crippen LogP contribution in [0.25, 0.3) is 58.8 Å². The molecule has 0 aliphatic heterocycles. The monoisotopic (exact) mass is 469 g/mol. The maximum Gasteiger partial charge on any atom is 0.488 e. The van der Waals surface area contributed by atoms with Crippen LogP contribution in [0.15, 0.2) is 109 Å². The first-order valence-electron chi connectivity index (χ1n) is 11.6. The molecule has 2 aromatic heterocycles. The molecular formula is C30H20BNO2S. The summed E-state index contributed by atoms with van der Waals surface area (Å²) < 4.78 is 4.84. The Labute approximate surface area is 206 Å². The van der Waals surface area contributed by atoms with Gasteiger partial charge in [0.1, 0.15) is 0 Å². The molecule has 0 saturated heterocycles. The van der Waals surface area contributed by atoms with E-state index in [4.69, 9.17) is 0 Å². The molecule has 0 unspecified atom stereocenters. The second kappa shape index (κ2) is 7.82. The van der Waals surface area contributed by atoms with Crippen molar-refractivity contribution in [1.29, 1.82) is 0 Å². The highest BCUT2D eigenvalue weighted by Crippen LogP contribution is 2.38. The van der Waals surface area contributed by atoms with E-state index in [1.807, 2.05) is 41.7 Å². The van der Waals surface area contributed by atoms with Crippen molar-refractivity contribution in [2.24, 2.45) is 0 Å². The van der Waals surface area contributed by atoms with Crippen molar-refractivity contribution in [2.75, 3.05) is 0 Å². The molecule has 5 aromatic carbocycles. The van der Waals surface area contributed by atoms with Crippen LogP contribution in [0.4, 0.5) is 0 Å². The summed E-state index contributed by atoms with van der Waals surface area (Å²) in [5, 5.41) is 24.3. The Morgan fingerprint density at radius 3 is 2.09 bits per heavy atom. The van der Waals surface area contributed by atoms with Gasteiger partial charge in [-0.2, -0.15) is 0 Å². The fourth-order valence-corrected chi connectivity index (χ4v) is 6.23. The Balaban J connectivity index is 1.54. The van der Waals surface area contributed by atoms with Crippen LogP contribution < -0.4 is 5.46 Å². The van der Waals surface area contributed by atoms with E-state index in [9.17, 15) is 10.0 Å². The van der Waals surface area contributed by atoms with Gasteiger partial charge in [-0.05, 0) is 59.1 Å². The van der Waals surface area contributed by atoms with Gasteiger partial charge in [0.05, 0.1) is 11.0 Å². The van der Waals surface area contributed by atoms with Gasteiger partial charge in [0.15, 0.2) is 0 Å². The number of nitrogens with zero attached hydrogens (tertiary/aromatic N) is 1. The number of thiophene rings is 1. The lowest BCUT2D eigenvalue weighted by Gasteiger charge is -2.09. The summed E-state index contributed by atoms with van der Waals surface area (Å²) in [6, 6.07) is 37.7. The van der Waals surface area contributed by atoms with E-state index >= 15 is 0 Å². The Morgan fingerprint density at radius 2 is 1.26 bits per heavy atom. The van der Waals surface area contributed by atoms with Crippen molar-refractivity contribution >= 4 is 65.9 Å². The zero-order chi connectivity index (χ0) is 23.5. The summed E-state index contributed by atoms with van der Waals surface area (Å²) in [6.45, 7) is 0. The van der Waals surface area contributed by atoms with Gasteiger partial charge in [-0.1, -0.05) is 66.7 Å². The average Bonchev–Trinajstić information content (AvgIpc) is 3.43. The average molecular weight is 469 g/mol. The molecule has 0 aliphatic carbocycles. The van der Waals surface area contributed by atoms with Gasteiger partial charge in [0.2, 0.25) is 0 Å². The maximum atomic E-state index is 9.86. The van der Waals surface area contributed by atoms with Crippen LogP contribution in [0, 0.1) is 0 Å². The normalized spacial score (nSPS) is 11.7. The highest BCUT2D eigenvalue weighted by Gasteiger charge is 2.18. The Morgan fingerprint density at radius 1 is 0.543 bits per heavy atom. The predicted molar refractivity (Wildman–Crippen MR) is 149 cm³/mol. The van der Waals surface area contributed by atoms with Gasteiger partial charge in [-0.15, -0.1) is 11.3 Å². The summed E-state index contributed by atoms with van der Waals surface area (Å²) >= 11 is 1.81. The summed E-state index contributed by atoms with van der Waals surface area (Å²) in [5.41, 5.74) is 5.98. The first kappa shape index (κ1) is 20.5. The lowest BCUT2D eigenvalue weighted by molar-refractivity contribution is 0.426. The molecule has 0 spiro atoms. The molecule has 0 radical (unpaired) electrons. The first-order valence-corrected chi connectivity index (χ1v) is 12.4. The maximum absolute atomic E-state index is 9.86. The third-order valence-electron chi connectivity index (χ3n) is 6.81. The van der Waals surface area contributed by atoms with Crippen molar-refractivity contribution < 1.29 is 10.0 Å². The third-order valence-corrected chi connectivity index (χ3v) is 7.96. The van der Waals surface area contributed by atoms with E-state index in [2.05, 4.69) is 77.4 Å². The fraction of sp³-hybridized carbons (Fsp3) is 0. The quantitative estimate of drug-likeness (QED) is 0.290. The highest BCUT2D eigenvalue weighted by atomic mass is 32.1. The summed E-state index contributed by atoms with van der Waals surface area (Å²) in [4.78, 5) is 0. The number of aromatic nitrogens is 1. The summed E-state index contributed by atoms with van der Waals surface area (Å²) in [7, 11) is -1.51. The number of fused-ring (bicyclic) bond motifs is 6. The second-order valence-electron chi connectivity index (χ2n) is 8.86. The van der Waals surface area contributed by atoms with E-state index in [0.717, 1.165) is 38.6 Å².